The van der Waals surface area contributed by atoms with Crippen molar-refractivity contribution >= 4 is 5.97 Å². The zero-order valence-corrected chi connectivity index (χ0v) is 28.7. The summed E-state index contributed by atoms with van der Waals surface area (Å²) in [5, 5.41) is 0. The SMILES string of the molecule is C/C=C(\C=C/CCCN(C)Cc1c(C)nc(-c2ccccc2)n1CCCC)CC(F)F.CC(F)(F)F.COC(=O)c1ccc(C)cc1. The maximum atomic E-state index is 12.5. The maximum Gasteiger partial charge on any atom is 0.386 e. The van der Waals surface area contributed by atoms with E-state index in [0.717, 1.165) is 68.0 Å². The number of methoxy groups -OCH3 is 1. The number of imidazole rings is 1. The summed E-state index contributed by atoms with van der Waals surface area (Å²) in [7, 11) is 3.51. The van der Waals surface area contributed by atoms with Gasteiger partial charge in [0, 0.05) is 32.0 Å². The molecule has 0 amide bonds. The van der Waals surface area contributed by atoms with Crippen LogP contribution in [0.15, 0.2) is 78.4 Å². The first-order chi connectivity index (χ1) is 22.2. The number of alkyl halides is 5. The minimum absolute atomic E-state index is 0.169. The molecule has 0 saturated heterocycles. The Morgan fingerprint density at radius 3 is 2.19 bits per heavy atom. The molecule has 10 heteroatoms. The number of aryl methyl sites for hydroxylation is 2. The van der Waals surface area contributed by atoms with E-state index < -0.39 is 12.6 Å². The van der Waals surface area contributed by atoms with Gasteiger partial charge in [-0.1, -0.05) is 79.6 Å². The van der Waals surface area contributed by atoms with Gasteiger partial charge >= 0.3 is 12.1 Å². The summed E-state index contributed by atoms with van der Waals surface area (Å²) < 4.78 is 63.0. The topological polar surface area (TPSA) is 47.4 Å². The molecule has 0 fully saturated rings. The number of rotatable bonds is 14. The number of carbonyl (C=O) groups is 1. The summed E-state index contributed by atoms with van der Waals surface area (Å²) in [6, 6.07) is 17.7. The molecule has 1 heterocycles. The van der Waals surface area contributed by atoms with Crippen molar-refractivity contribution in [2.45, 2.75) is 92.4 Å². The highest BCUT2D eigenvalue weighted by atomic mass is 19.4. The molecule has 2 aromatic carbocycles. The van der Waals surface area contributed by atoms with E-state index in [0.29, 0.717) is 11.1 Å². The summed E-state index contributed by atoms with van der Waals surface area (Å²) in [5.74, 6) is 0.765. The molecule has 0 N–H and O–H groups in total. The number of allylic oxidation sites excluding steroid dienone is 4. The van der Waals surface area contributed by atoms with E-state index in [1.165, 1.54) is 12.8 Å². The van der Waals surface area contributed by atoms with Gasteiger partial charge in [-0.15, -0.1) is 0 Å². The van der Waals surface area contributed by atoms with Gasteiger partial charge in [-0.2, -0.15) is 13.2 Å². The first kappa shape index (κ1) is 41.2. The van der Waals surface area contributed by atoms with Gasteiger partial charge in [0.15, 0.2) is 0 Å². The molecule has 0 unspecified atom stereocenters. The van der Waals surface area contributed by atoms with Gasteiger partial charge in [0.1, 0.15) is 5.82 Å². The number of unbranched alkanes of at least 4 members (excludes halogenated alkanes) is 2. The molecule has 0 aliphatic carbocycles. The van der Waals surface area contributed by atoms with Crippen LogP contribution in [0.1, 0.15) is 80.2 Å². The zero-order chi connectivity index (χ0) is 35.4. The van der Waals surface area contributed by atoms with E-state index >= 15 is 0 Å². The average Bonchev–Trinajstić information content (AvgIpc) is 3.33. The summed E-state index contributed by atoms with van der Waals surface area (Å²) in [5.41, 5.74) is 5.96. The van der Waals surface area contributed by atoms with Crippen molar-refractivity contribution in [2.75, 3.05) is 20.7 Å². The van der Waals surface area contributed by atoms with Crippen LogP contribution in [-0.2, 0) is 17.8 Å². The molecule has 0 aliphatic rings. The van der Waals surface area contributed by atoms with E-state index in [2.05, 4.69) is 59.4 Å². The lowest BCUT2D eigenvalue weighted by Crippen LogP contribution is -2.22. The van der Waals surface area contributed by atoms with Gasteiger partial charge in [-0.05, 0) is 71.3 Å². The van der Waals surface area contributed by atoms with Crippen molar-refractivity contribution in [1.29, 1.82) is 0 Å². The highest BCUT2D eigenvalue weighted by Gasteiger charge is 2.17. The summed E-state index contributed by atoms with van der Waals surface area (Å²) in [6.07, 6.45) is 3.30. The third-order valence-corrected chi connectivity index (χ3v) is 6.94. The Morgan fingerprint density at radius 1 is 1.04 bits per heavy atom. The van der Waals surface area contributed by atoms with E-state index in [-0.39, 0.29) is 19.3 Å². The molecule has 3 aromatic rings. The normalized spacial score (nSPS) is 11.7. The molecule has 0 aliphatic heterocycles. The Hall–Kier alpha value is -3.79. The Morgan fingerprint density at radius 2 is 1.66 bits per heavy atom. The Kier molecular flexibility index (Phi) is 19.2. The van der Waals surface area contributed by atoms with E-state index in [4.69, 9.17) is 4.98 Å². The number of benzene rings is 2. The van der Waals surface area contributed by atoms with E-state index in [9.17, 15) is 26.7 Å². The van der Waals surface area contributed by atoms with Gasteiger partial charge in [0.05, 0.1) is 24.1 Å². The third kappa shape index (κ3) is 17.6. The van der Waals surface area contributed by atoms with Gasteiger partial charge in [0.25, 0.3) is 0 Å². The lowest BCUT2D eigenvalue weighted by Gasteiger charge is -2.19. The van der Waals surface area contributed by atoms with Gasteiger partial charge in [-0.3, -0.25) is 0 Å². The minimum atomic E-state index is -4.00. The monoisotopic (exact) mass is 663 g/mol. The standard InChI is InChI=1S/C26H37F2N3.C9H10O2.C2H3F3/c1-5-7-18-31-24(21(3)29-26(31)23-15-11-8-12-16-23)20-30(4)17-13-9-10-14-22(6-2)19-25(27)28;1-7-3-5-8(6-4-7)9(10)11-2;1-2(3,4)5/h6,8,10-12,14-16,25H,5,7,9,13,17-20H2,1-4H3;3-6H,1-2H3;1H3/b14-10-,22-6+;;. The van der Waals surface area contributed by atoms with Crippen LogP contribution in [-0.4, -0.2) is 53.7 Å². The van der Waals surface area contributed by atoms with Crippen molar-refractivity contribution in [3.05, 3.63) is 101 Å². The number of nitrogens with zero attached hydrogens (tertiary/aromatic N) is 3. The first-order valence-electron chi connectivity index (χ1n) is 15.8. The fourth-order valence-corrected chi connectivity index (χ4v) is 4.49. The molecule has 5 nitrogen and oxygen atoms in total. The van der Waals surface area contributed by atoms with Crippen LogP contribution in [0, 0.1) is 13.8 Å². The molecule has 3 rings (SSSR count). The van der Waals surface area contributed by atoms with Gasteiger partial charge in [0.2, 0.25) is 6.43 Å². The Balaban J connectivity index is 0.000000564. The van der Waals surface area contributed by atoms with Crippen molar-refractivity contribution in [3.8, 4) is 11.4 Å². The third-order valence-electron chi connectivity index (χ3n) is 6.94. The lowest BCUT2D eigenvalue weighted by atomic mass is 10.1. The van der Waals surface area contributed by atoms with Crippen molar-refractivity contribution in [2.24, 2.45) is 0 Å². The number of hydrogen-bond donors (Lipinski definition) is 0. The molecule has 0 radical (unpaired) electrons. The molecule has 0 saturated carbocycles. The van der Waals surface area contributed by atoms with E-state index in [1.807, 2.05) is 44.2 Å². The number of carbonyl (C=O) groups excluding carboxylic acids is 1. The largest absolute Gasteiger partial charge is 0.465 e. The van der Waals surface area contributed by atoms with Crippen molar-refractivity contribution in [3.63, 3.8) is 0 Å². The lowest BCUT2D eigenvalue weighted by molar-refractivity contribution is -0.110. The van der Waals surface area contributed by atoms with Crippen LogP contribution in [0.5, 0.6) is 0 Å². The number of hydrogen-bond acceptors (Lipinski definition) is 4. The van der Waals surface area contributed by atoms with Crippen LogP contribution in [0.2, 0.25) is 0 Å². The predicted molar refractivity (Wildman–Crippen MR) is 181 cm³/mol. The molecule has 0 atom stereocenters. The Labute approximate surface area is 277 Å². The molecule has 47 heavy (non-hydrogen) atoms. The van der Waals surface area contributed by atoms with Crippen LogP contribution in [0.4, 0.5) is 22.0 Å². The second-order valence-electron chi connectivity index (χ2n) is 11.2. The fourth-order valence-electron chi connectivity index (χ4n) is 4.49. The number of aromatic nitrogens is 2. The molecule has 260 valence electrons. The van der Waals surface area contributed by atoms with Gasteiger partial charge < -0.3 is 14.2 Å². The molecule has 1 aromatic heterocycles. The molecular formula is C37H50F5N3O2. The second kappa shape index (κ2) is 21.9. The molecule has 0 spiro atoms. The minimum Gasteiger partial charge on any atom is -0.465 e. The fraction of sp³-hybridized carbons (Fsp3) is 0.459. The molecular weight excluding hydrogens is 613 g/mol. The van der Waals surface area contributed by atoms with Crippen LogP contribution >= 0.6 is 0 Å². The Bertz CT molecular complexity index is 1360. The van der Waals surface area contributed by atoms with Crippen LogP contribution < -0.4 is 0 Å². The highest BCUT2D eigenvalue weighted by Crippen LogP contribution is 2.24. The van der Waals surface area contributed by atoms with E-state index in [1.54, 1.807) is 18.2 Å². The van der Waals surface area contributed by atoms with Gasteiger partial charge in [-0.25, -0.2) is 18.6 Å². The average molecular weight is 664 g/mol. The second-order valence-corrected chi connectivity index (χ2v) is 11.2. The summed E-state index contributed by atoms with van der Waals surface area (Å²) in [4.78, 5) is 18.1. The quantitative estimate of drug-likeness (QED) is 0.0745. The summed E-state index contributed by atoms with van der Waals surface area (Å²) >= 11 is 0. The number of esters is 1. The highest BCUT2D eigenvalue weighted by molar-refractivity contribution is 5.89. The van der Waals surface area contributed by atoms with Crippen molar-refractivity contribution < 1.29 is 31.5 Å². The molecule has 0 bridgehead atoms. The first-order valence-corrected chi connectivity index (χ1v) is 15.8. The zero-order valence-electron chi connectivity index (χ0n) is 28.7. The predicted octanol–water partition coefficient (Wildman–Crippen LogP) is 10.4. The smallest absolute Gasteiger partial charge is 0.386 e. The van der Waals surface area contributed by atoms with Crippen LogP contribution in [0.25, 0.3) is 11.4 Å². The number of ether oxygens (including phenoxy) is 1. The summed E-state index contributed by atoms with van der Waals surface area (Å²) in [6.45, 7) is 11.1. The van der Waals surface area contributed by atoms with Crippen LogP contribution in [0.3, 0.4) is 0 Å². The number of halogens is 5. The van der Waals surface area contributed by atoms with Crippen molar-refractivity contribution in [1.82, 2.24) is 14.5 Å². The maximum absolute atomic E-state index is 12.5.